The van der Waals surface area contributed by atoms with E-state index in [9.17, 15) is 9.90 Å². The van der Waals surface area contributed by atoms with E-state index in [1.807, 2.05) is 31.2 Å². The molecule has 2 aromatic carbocycles. The maximum Gasteiger partial charge on any atom is 0.225 e. The quantitative estimate of drug-likeness (QED) is 0.409. The molecule has 3 aromatic rings. The third-order valence-corrected chi connectivity index (χ3v) is 6.78. The normalized spacial score (nSPS) is 15.1. The van der Waals surface area contributed by atoms with Crippen LogP contribution in [0.5, 0.6) is 17.4 Å². The summed E-state index contributed by atoms with van der Waals surface area (Å²) in [6.45, 7) is 1.85. The summed E-state index contributed by atoms with van der Waals surface area (Å²) in [6.07, 6.45) is 8.28. The Balaban J connectivity index is 0.00000304. The molecule has 0 radical (unpaired) electrons. The van der Waals surface area contributed by atoms with Crippen LogP contribution in [0.1, 0.15) is 79.0 Å². The van der Waals surface area contributed by atoms with Crippen molar-refractivity contribution in [2.45, 2.75) is 58.0 Å². The number of aromatic hydroxyl groups is 1. The van der Waals surface area contributed by atoms with Crippen LogP contribution < -0.4 is 9.47 Å². The molecule has 0 atom stereocenters. The molecular formula is C29H32N2O4. The zero-order valence-corrected chi connectivity index (χ0v) is 20.2. The van der Waals surface area contributed by atoms with E-state index in [1.54, 1.807) is 25.3 Å². The highest BCUT2D eigenvalue weighted by Crippen LogP contribution is 2.40. The molecule has 0 aliphatic heterocycles. The number of phenols is 1. The van der Waals surface area contributed by atoms with Crippen molar-refractivity contribution in [1.82, 2.24) is 9.97 Å². The molecule has 0 unspecified atom stereocenters. The predicted octanol–water partition coefficient (Wildman–Crippen LogP) is 5.93. The van der Waals surface area contributed by atoms with Crippen LogP contribution in [-0.4, -0.2) is 34.1 Å². The van der Waals surface area contributed by atoms with Crippen LogP contribution in [-0.2, 0) is 12.8 Å². The lowest BCUT2D eigenvalue weighted by molar-refractivity contribution is 0.0988. The first-order valence-electron chi connectivity index (χ1n) is 12.3. The second kappa shape index (κ2) is 9.90. The molecule has 1 aromatic heterocycles. The smallest absolute Gasteiger partial charge is 0.225 e. The van der Waals surface area contributed by atoms with E-state index in [-0.39, 0.29) is 19.1 Å². The van der Waals surface area contributed by atoms with Crippen molar-refractivity contribution in [3.63, 3.8) is 0 Å². The van der Waals surface area contributed by atoms with E-state index in [1.165, 1.54) is 12.8 Å². The number of rotatable bonds is 8. The number of benzene rings is 2. The van der Waals surface area contributed by atoms with Crippen LogP contribution in [0.15, 0.2) is 48.5 Å². The Bertz CT molecular complexity index is 1300. The van der Waals surface area contributed by atoms with Gasteiger partial charge in [0, 0.05) is 31.8 Å². The molecule has 2 aliphatic carbocycles. The summed E-state index contributed by atoms with van der Waals surface area (Å²) in [6, 6.07) is 12.8. The molecule has 0 bridgehead atoms. The number of carbonyl (C=O) groups excluding carboxylic acids is 1. The van der Waals surface area contributed by atoms with Gasteiger partial charge in [0.1, 0.15) is 23.4 Å². The van der Waals surface area contributed by atoms with Gasteiger partial charge in [-0.25, -0.2) is 4.98 Å². The summed E-state index contributed by atoms with van der Waals surface area (Å²) in [4.78, 5) is 21.9. The van der Waals surface area contributed by atoms with E-state index in [0.29, 0.717) is 42.3 Å². The number of carbonyl (C=O) groups is 1. The fourth-order valence-corrected chi connectivity index (χ4v) is 4.95. The summed E-state index contributed by atoms with van der Waals surface area (Å²) >= 11 is 0. The van der Waals surface area contributed by atoms with Crippen molar-refractivity contribution >= 4 is 11.4 Å². The van der Waals surface area contributed by atoms with Crippen LogP contribution in [0.2, 0.25) is 0 Å². The van der Waals surface area contributed by atoms with Crippen molar-refractivity contribution in [3.05, 3.63) is 82.3 Å². The van der Waals surface area contributed by atoms with E-state index in [4.69, 9.17) is 19.4 Å². The van der Waals surface area contributed by atoms with Crippen molar-refractivity contribution in [3.8, 4) is 17.4 Å². The highest BCUT2D eigenvalue weighted by Gasteiger charge is 2.27. The van der Waals surface area contributed by atoms with Gasteiger partial charge in [-0.2, -0.15) is 4.98 Å². The summed E-state index contributed by atoms with van der Waals surface area (Å²) in [7, 11) is 1.61. The van der Waals surface area contributed by atoms with Crippen LogP contribution in [0.4, 0.5) is 0 Å². The standard InChI is InChI=1S/C29H30N2O4.H2/c1-3-25(33)19-11-12-20(26(16-19)34-2)17-27-30-24-14-13-23(18-7-6-8-21(32)15-18)28(24)29(31-27)35-22-9-4-5-10-22;/h6-8,11-13,15-16,22,32H,3-5,9-10,14,17H2,1-2H3;1H. The van der Waals surface area contributed by atoms with Gasteiger partial charge in [-0.15, -0.1) is 0 Å². The largest absolute Gasteiger partial charge is 0.508 e. The van der Waals surface area contributed by atoms with Gasteiger partial charge in [0.2, 0.25) is 5.88 Å². The molecule has 1 saturated carbocycles. The summed E-state index contributed by atoms with van der Waals surface area (Å²) in [5, 5.41) is 10.0. The van der Waals surface area contributed by atoms with Crippen LogP contribution in [0.3, 0.4) is 0 Å². The highest BCUT2D eigenvalue weighted by molar-refractivity contribution is 5.96. The van der Waals surface area contributed by atoms with Gasteiger partial charge in [0.25, 0.3) is 0 Å². The minimum atomic E-state index is 0. The van der Waals surface area contributed by atoms with E-state index >= 15 is 0 Å². The Kier molecular flexibility index (Phi) is 6.53. The summed E-state index contributed by atoms with van der Waals surface area (Å²) in [5.41, 5.74) is 5.34. The van der Waals surface area contributed by atoms with Crippen LogP contribution >= 0.6 is 0 Å². The number of ether oxygens (including phenoxy) is 2. The number of nitrogens with zero attached hydrogens (tertiary/aromatic N) is 2. The van der Waals surface area contributed by atoms with E-state index in [2.05, 4.69) is 6.08 Å². The van der Waals surface area contributed by atoms with Gasteiger partial charge < -0.3 is 14.6 Å². The molecule has 0 amide bonds. The number of ketones is 1. The molecule has 6 heteroatoms. The van der Waals surface area contributed by atoms with Gasteiger partial charge in [-0.1, -0.05) is 37.3 Å². The van der Waals surface area contributed by atoms with Gasteiger partial charge >= 0.3 is 0 Å². The molecular weight excluding hydrogens is 440 g/mol. The molecule has 1 fully saturated rings. The number of fused-ring (bicyclic) bond motifs is 1. The lowest BCUT2D eigenvalue weighted by Crippen LogP contribution is -2.15. The third-order valence-electron chi connectivity index (χ3n) is 6.78. The monoisotopic (exact) mass is 472 g/mol. The molecule has 6 nitrogen and oxygen atoms in total. The van der Waals surface area contributed by atoms with Crippen LogP contribution in [0, 0.1) is 0 Å². The zero-order chi connectivity index (χ0) is 24.4. The lowest BCUT2D eigenvalue weighted by Gasteiger charge is -2.18. The van der Waals surface area contributed by atoms with Crippen molar-refractivity contribution in [2.75, 3.05) is 7.11 Å². The Hall–Kier alpha value is -3.67. The number of Topliss-reactive ketones (excluding diaryl/α,β-unsaturated/α-hetero) is 1. The number of methoxy groups -OCH3 is 1. The number of hydrogen-bond donors (Lipinski definition) is 1. The summed E-state index contributed by atoms with van der Waals surface area (Å²) in [5.74, 6) is 2.24. The topological polar surface area (TPSA) is 81.5 Å². The van der Waals surface area contributed by atoms with E-state index in [0.717, 1.165) is 40.8 Å². The average Bonchev–Trinajstić information content (AvgIpc) is 3.54. The highest BCUT2D eigenvalue weighted by atomic mass is 16.5. The van der Waals surface area contributed by atoms with Crippen molar-refractivity contribution < 1.29 is 20.8 Å². The summed E-state index contributed by atoms with van der Waals surface area (Å²) < 4.78 is 12.1. The van der Waals surface area contributed by atoms with E-state index < -0.39 is 0 Å². The second-order valence-corrected chi connectivity index (χ2v) is 9.14. The Morgan fingerprint density at radius 1 is 1.14 bits per heavy atom. The van der Waals surface area contributed by atoms with Crippen molar-refractivity contribution in [2.24, 2.45) is 0 Å². The fraction of sp³-hybridized carbons (Fsp3) is 0.345. The molecule has 0 spiro atoms. The lowest BCUT2D eigenvalue weighted by atomic mass is 10.0. The Morgan fingerprint density at radius 2 is 1.97 bits per heavy atom. The Morgan fingerprint density at radius 3 is 2.71 bits per heavy atom. The average molecular weight is 473 g/mol. The first-order valence-corrected chi connectivity index (χ1v) is 12.3. The van der Waals surface area contributed by atoms with Crippen LogP contribution in [0.25, 0.3) is 5.57 Å². The first kappa shape index (κ1) is 23.1. The second-order valence-electron chi connectivity index (χ2n) is 9.14. The molecule has 2 aliphatic rings. The minimum absolute atomic E-state index is 0. The number of allylic oxidation sites excluding steroid dienone is 1. The molecule has 5 rings (SSSR count). The molecule has 1 heterocycles. The SMILES string of the molecule is CCC(=O)c1ccc(Cc2nc3c(c(OC4CCCC4)n2)C(c2cccc(O)c2)=CC3)c(OC)c1.[HH]. The fourth-order valence-electron chi connectivity index (χ4n) is 4.95. The number of aromatic nitrogens is 2. The number of hydrogen-bond acceptors (Lipinski definition) is 6. The molecule has 0 saturated heterocycles. The van der Waals surface area contributed by atoms with Gasteiger partial charge in [-0.3, -0.25) is 4.79 Å². The predicted molar refractivity (Wildman–Crippen MR) is 136 cm³/mol. The Labute approximate surface area is 207 Å². The third kappa shape index (κ3) is 4.78. The van der Waals surface area contributed by atoms with Gasteiger partial charge in [-0.05, 0) is 55.0 Å². The maximum absolute atomic E-state index is 12.1. The molecule has 1 N–H and O–H groups in total. The van der Waals surface area contributed by atoms with Gasteiger partial charge in [0.15, 0.2) is 5.78 Å². The zero-order valence-electron chi connectivity index (χ0n) is 20.2. The van der Waals surface area contributed by atoms with Gasteiger partial charge in [0.05, 0.1) is 18.4 Å². The first-order chi connectivity index (χ1) is 17.1. The molecule has 35 heavy (non-hydrogen) atoms. The molecule has 182 valence electrons. The van der Waals surface area contributed by atoms with Crippen molar-refractivity contribution in [1.29, 1.82) is 0 Å². The minimum Gasteiger partial charge on any atom is -0.508 e. The number of phenolic OH excluding ortho intramolecular Hbond substituents is 1. The maximum atomic E-state index is 12.1.